The molecule has 0 fully saturated rings. The van der Waals surface area contributed by atoms with Gasteiger partial charge in [-0.15, -0.1) is 8.78 Å². The molecule has 0 aliphatic heterocycles. The van der Waals surface area contributed by atoms with Crippen LogP contribution in [0.15, 0.2) is 11.7 Å². The summed E-state index contributed by atoms with van der Waals surface area (Å²) in [7, 11) is -6.19. The summed E-state index contributed by atoms with van der Waals surface area (Å²) in [6, 6.07) is -5.92. The number of halogens is 7. The summed E-state index contributed by atoms with van der Waals surface area (Å²) in [4.78, 5) is 6.78. The van der Waals surface area contributed by atoms with Gasteiger partial charge in [-0.05, 0) is 8.91 Å². The van der Waals surface area contributed by atoms with Gasteiger partial charge in [0.05, 0.1) is 0 Å². The van der Waals surface area contributed by atoms with E-state index in [0.717, 1.165) is 0 Å². The second-order valence-electron chi connectivity index (χ2n) is 2.50. The fraction of sp³-hybridized carbons (Fsp3) is 0.500. The van der Waals surface area contributed by atoms with Gasteiger partial charge in [-0.25, -0.2) is 0 Å². The van der Waals surface area contributed by atoms with Crippen molar-refractivity contribution in [2.24, 2.45) is 0 Å². The molecule has 0 amide bonds. The first-order chi connectivity index (χ1) is 8.28. The third-order valence-corrected chi connectivity index (χ3v) is 1.79. The lowest BCUT2D eigenvalue weighted by atomic mass is 10.3. The Hall–Kier alpha value is -1.48. The first-order valence-corrected chi connectivity index (χ1v) is 4.83. The van der Waals surface area contributed by atoms with E-state index in [2.05, 4.69) is 4.18 Å². The van der Waals surface area contributed by atoms with Crippen LogP contribution >= 0.6 is 0 Å². The van der Waals surface area contributed by atoms with Crippen molar-refractivity contribution in [1.29, 1.82) is 0 Å². The zero-order valence-electron chi connectivity index (χ0n) is 7.95. The molecule has 0 atom stereocenters. The van der Waals surface area contributed by atoms with E-state index in [9.17, 15) is 49.4 Å². The van der Waals surface area contributed by atoms with Crippen molar-refractivity contribution in [3.8, 4) is 0 Å². The van der Waals surface area contributed by atoms with Crippen LogP contribution in [0.25, 0.3) is 0 Å². The average Bonchev–Trinajstić information content (AvgIpc) is 2.25. The van der Waals surface area contributed by atoms with Crippen molar-refractivity contribution in [3.05, 3.63) is 21.8 Å². The molecule has 0 aliphatic rings. The minimum atomic E-state index is -6.19. The Morgan fingerprint density at radius 2 is 1.53 bits per heavy atom. The van der Waals surface area contributed by atoms with E-state index >= 15 is 0 Å². The fourth-order valence-electron chi connectivity index (χ4n) is 0.518. The van der Waals surface area contributed by atoms with E-state index in [1.54, 1.807) is 4.39 Å². The number of nitro groups is 1. The molecule has 0 aromatic carbocycles. The highest BCUT2D eigenvalue weighted by Gasteiger charge is 2.58. The topological polar surface area (TPSA) is 95.7 Å². The lowest BCUT2D eigenvalue weighted by molar-refractivity contribution is -0.633. The summed E-state index contributed by atoms with van der Waals surface area (Å²) in [5.74, 6) is -7.88. The molecule has 0 N–H and O–H groups in total. The molecule has 0 radical (unpaired) electrons. The Morgan fingerprint density at radius 3 is 1.84 bits per heavy atom. The van der Waals surface area contributed by atoms with Crippen LogP contribution in [0.4, 0.5) is 30.9 Å². The zero-order chi connectivity index (χ0) is 15.6. The van der Waals surface area contributed by atoms with Gasteiger partial charge in [-0.3, -0.25) is 10.1 Å². The Kier molecular flexibility index (Phi) is 4.84. The van der Waals surface area contributed by atoms with E-state index in [1.165, 1.54) is 0 Å². The summed E-state index contributed by atoms with van der Waals surface area (Å²) >= 11 is 0. The van der Waals surface area contributed by atoms with Crippen LogP contribution in [0.1, 0.15) is 0 Å². The maximum absolute atomic E-state index is 12.5. The van der Waals surface area contributed by atoms with Crippen LogP contribution in [-0.2, 0) is 19.0 Å². The van der Waals surface area contributed by atoms with Crippen molar-refractivity contribution < 1.29 is 52.8 Å². The van der Waals surface area contributed by atoms with Crippen LogP contribution in [0, 0.1) is 10.1 Å². The predicted molar refractivity (Wildman–Crippen MR) is 38.3 cm³/mol. The summed E-state index contributed by atoms with van der Waals surface area (Å²) in [5, 5.41) is 9.56. The molecule has 0 saturated heterocycles. The maximum atomic E-state index is 12.5. The van der Waals surface area contributed by atoms with E-state index in [-0.39, 0.29) is 0 Å². The molecule has 0 aromatic rings. The molecule has 19 heavy (non-hydrogen) atoms. The minimum absolute atomic E-state index is 1.77. The van der Waals surface area contributed by atoms with E-state index < -0.39 is 39.1 Å². The van der Waals surface area contributed by atoms with E-state index in [0.29, 0.717) is 0 Å². The van der Waals surface area contributed by atoms with Crippen LogP contribution in [0.2, 0.25) is 0 Å². The van der Waals surface area contributed by atoms with Crippen LogP contribution in [0.3, 0.4) is 0 Å². The van der Waals surface area contributed by atoms with Gasteiger partial charge in [-0.2, -0.15) is 30.2 Å². The van der Waals surface area contributed by atoms with Gasteiger partial charge in [0, 0.05) is 0 Å². The average molecular weight is 323 g/mol. The molecule has 0 spiro atoms. The smallest absolute Gasteiger partial charge is 0.259 e. The molecule has 0 aromatic heterocycles. The van der Waals surface area contributed by atoms with Gasteiger partial charge >= 0.3 is 22.6 Å². The largest absolute Gasteiger partial charge is 0.569 e. The second-order valence-corrected chi connectivity index (χ2v) is 3.61. The third-order valence-electron chi connectivity index (χ3n) is 1.23. The van der Waals surface area contributed by atoms with Gasteiger partial charge in [0.25, 0.3) is 5.83 Å². The summed E-state index contributed by atoms with van der Waals surface area (Å²) in [5.41, 5.74) is 0. The zero-order valence-corrected chi connectivity index (χ0v) is 8.77. The molecular formula is C4F7NO6S. The number of alkyl halides is 4. The Labute approximate surface area is 98.1 Å². The molecule has 112 valence electrons. The van der Waals surface area contributed by atoms with Gasteiger partial charge in [0.15, 0.2) is 0 Å². The number of hydrogen-bond donors (Lipinski definition) is 0. The van der Waals surface area contributed by atoms with Crippen LogP contribution in [-0.4, -0.2) is 25.5 Å². The molecule has 0 heterocycles. The number of nitrogens with zero attached hydrogens (tertiary/aromatic N) is 1. The fourth-order valence-corrected chi connectivity index (χ4v) is 0.873. The van der Waals surface area contributed by atoms with Gasteiger partial charge in [-0.1, -0.05) is 0 Å². The van der Waals surface area contributed by atoms with Crippen molar-refractivity contribution >= 4 is 10.4 Å². The predicted octanol–water partition coefficient (Wildman–Crippen LogP) is 1.76. The highest BCUT2D eigenvalue weighted by molar-refractivity contribution is 7.81. The molecule has 7 nitrogen and oxygen atoms in total. The summed E-state index contributed by atoms with van der Waals surface area (Å²) in [6.07, 6.45) is -5.99. The molecule has 0 aliphatic carbocycles. The lowest BCUT2D eigenvalue weighted by Crippen LogP contribution is -2.33. The minimum Gasteiger partial charge on any atom is -0.259 e. The standard InChI is InChI=1S/C4F7NO6S/c5-1(3(7,8)12(13)14)2(6)4(9,10)17-19(15,16)18-11/b2-1+. The van der Waals surface area contributed by atoms with Gasteiger partial charge < -0.3 is 0 Å². The number of hydrogen-bond acceptors (Lipinski definition) is 6. The molecule has 0 unspecified atom stereocenters. The third kappa shape index (κ3) is 4.00. The summed E-state index contributed by atoms with van der Waals surface area (Å²) < 4.78 is 109. The highest BCUT2D eigenvalue weighted by Crippen LogP contribution is 2.38. The normalized spacial score (nSPS) is 15.1. The Balaban J connectivity index is 5.62. The second kappa shape index (κ2) is 5.25. The van der Waals surface area contributed by atoms with Gasteiger partial charge in [0.1, 0.15) is 4.92 Å². The van der Waals surface area contributed by atoms with Crippen molar-refractivity contribution in [2.75, 3.05) is 0 Å². The monoisotopic (exact) mass is 323 g/mol. The summed E-state index contributed by atoms with van der Waals surface area (Å²) in [6.45, 7) is 0. The first-order valence-electron chi connectivity index (χ1n) is 3.50. The molecular weight excluding hydrogens is 323 g/mol. The first kappa shape index (κ1) is 17.5. The highest BCUT2D eigenvalue weighted by atomic mass is 32.3. The number of rotatable bonds is 6. The SMILES string of the molecule is O=[N+]([O-])C(F)(F)/C(F)=C(\F)C(F)(F)OS(=O)(=O)OF. The van der Waals surface area contributed by atoms with Gasteiger partial charge in [0.2, 0.25) is 5.83 Å². The maximum Gasteiger partial charge on any atom is 0.569 e. The lowest BCUT2D eigenvalue weighted by Gasteiger charge is -2.13. The quantitative estimate of drug-likeness (QED) is 0.320. The van der Waals surface area contributed by atoms with Crippen molar-refractivity contribution in [3.63, 3.8) is 0 Å². The molecule has 0 rings (SSSR count). The van der Waals surface area contributed by atoms with Crippen LogP contribution in [0.5, 0.6) is 0 Å². The Bertz CT molecular complexity index is 500. The van der Waals surface area contributed by atoms with Crippen LogP contribution < -0.4 is 0 Å². The molecule has 15 heteroatoms. The Morgan fingerprint density at radius 1 is 1.11 bits per heavy atom. The van der Waals surface area contributed by atoms with E-state index in [4.69, 9.17) is 0 Å². The van der Waals surface area contributed by atoms with Crippen molar-refractivity contribution in [2.45, 2.75) is 12.2 Å². The van der Waals surface area contributed by atoms with E-state index in [1.807, 2.05) is 0 Å². The van der Waals surface area contributed by atoms with Crippen molar-refractivity contribution in [1.82, 2.24) is 0 Å². The molecule has 0 bridgehead atoms. The molecule has 0 saturated carbocycles.